The van der Waals surface area contributed by atoms with Gasteiger partial charge in [-0.2, -0.15) is 0 Å². The largest absolute Gasteiger partial charge is 0.436 e. The molecule has 1 fully saturated rings. The van der Waals surface area contributed by atoms with E-state index in [2.05, 4.69) is 20.2 Å². The maximum atomic E-state index is 12.6. The molecule has 30 heavy (non-hydrogen) atoms. The molecule has 7 nitrogen and oxygen atoms in total. The van der Waals surface area contributed by atoms with Crippen molar-refractivity contribution in [3.05, 3.63) is 71.5 Å². The van der Waals surface area contributed by atoms with Crippen molar-refractivity contribution in [2.75, 3.05) is 36.5 Å². The molecule has 0 bridgehead atoms. The number of hydrogen-bond acceptors (Lipinski definition) is 6. The van der Waals surface area contributed by atoms with Crippen LogP contribution in [0.2, 0.25) is 0 Å². The first-order chi connectivity index (χ1) is 14.6. The average molecular weight is 404 g/mol. The second-order valence-electron chi connectivity index (χ2n) is 7.18. The third-order valence-electron chi connectivity index (χ3n) is 4.92. The number of aromatic nitrogens is 2. The van der Waals surface area contributed by atoms with Crippen LogP contribution in [0.4, 0.5) is 11.5 Å². The third-order valence-corrected chi connectivity index (χ3v) is 4.92. The van der Waals surface area contributed by atoms with Crippen LogP contribution in [0.25, 0.3) is 0 Å². The zero-order valence-corrected chi connectivity index (χ0v) is 17.1. The van der Waals surface area contributed by atoms with Crippen molar-refractivity contribution >= 4 is 17.4 Å². The molecule has 154 valence electrons. The highest BCUT2D eigenvalue weighted by atomic mass is 16.5. The van der Waals surface area contributed by atoms with E-state index >= 15 is 0 Å². The number of nitrogens with one attached hydrogen (secondary N) is 1. The van der Waals surface area contributed by atoms with E-state index < -0.39 is 0 Å². The first-order valence-electron chi connectivity index (χ1n) is 9.90. The Morgan fingerprint density at radius 1 is 1.03 bits per heavy atom. The standard InChI is InChI=1S/C23H24N4O3/c1-16-3-8-20(17(2)15-16)26-22(28)18-4-6-19(7-5-18)30-23-21(24-9-10-25-23)27-11-13-29-14-12-27/h3-10,15H,11-14H2,1-2H3,(H,26,28). The fraction of sp³-hybridized carbons (Fsp3) is 0.261. The molecular weight excluding hydrogens is 380 g/mol. The fourth-order valence-electron chi connectivity index (χ4n) is 3.32. The average Bonchev–Trinajstić information content (AvgIpc) is 2.77. The van der Waals surface area contributed by atoms with E-state index in [1.165, 1.54) is 0 Å². The van der Waals surface area contributed by atoms with E-state index in [0.29, 0.717) is 36.2 Å². The topological polar surface area (TPSA) is 76.6 Å². The molecule has 0 saturated carbocycles. The fourth-order valence-corrected chi connectivity index (χ4v) is 3.32. The molecule has 1 N–H and O–H groups in total. The van der Waals surface area contributed by atoms with Crippen molar-refractivity contribution in [3.63, 3.8) is 0 Å². The molecule has 1 amide bonds. The predicted octanol–water partition coefficient (Wildman–Crippen LogP) is 3.97. The molecule has 0 aliphatic carbocycles. The van der Waals surface area contributed by atoms with Crippen LogP contribution in [0.3, 0.4) is 0 Å². The monoisotopic (exact) mass is 404 g/mol. The number of anilines is 2. The number of amides is 1. The predicted molar refractivity (Wildman–Crippen MR) is 115 cm³/mol. The maximum absolute atomic E-state index is 12.6. The van der Waals surface area contributed by atoms with Gasteiger partial charge in [-0.25, -0.2) is 9.97 Å². The summed E-state index contributed by atoms with van der Waals surface area (Å²) in [5, 5.41) is 2.95. The van der Waals surface area contributed by atoms with Crippen LogP contribution in [0.1, 0.15) is 21.5 Å². The number of ether oxygens (including phenoxy) is 2. The van der Waals surface area contributed by atoms with E-state index in [9.17, 15) is 4.79 Å². The van der Waals surface area contributed by atoms with Crippen LogP contribution in [0.5, 0.6) is 11.6 Å². The number of morpholine rings is 1. The van der Waals surface area contributed by atoms with Gasteiger partial charge in [0.15, 0.2) is 5.82 Å². The third kappa shape index (κ3) is 4.58. The number of carbonyl (C=O) groups is 1. The van der Waals surface area contributed by atoms with Crippen molar-refractivity contribution < 1.29 is 14.3 Å². The Hall–Kier alpha value is -3.45. The van der Waals surface area contributed by atoms with Crippen LogP contribution in [-0.4, -0.2) is 42.2 Å². The summed E-state index contributed by atoms with van der Waals surface area (Å²) in [6.45, 7) is 6.80. The number of aryl methyl sites for hydroxylation is 2. The van der Waals surface area contributed by atoms with E-state index in [-0.39, 0.29) is 5.91 Å². The molecule has 2 heterocycles. The van der Waals surface area contributed by atoms with Gasteiger partial charge in [-0.1, -0.05) is 17.7 Å². The summed E-state index contributed by atoms with van der Waals surface area (Å²) in [7, 11) is 0. The molecule has 2 aromatic carbocycles. The number of nitrogens with zero attached hydrogens (tertiary/aromatic N) is 3. The van der Waals surface area contributed by atoms with Crippen LogP contribution in [-0.2, 0) is 4.74 Å². The number of carbonyl (C=O) groups excluding carboxylic acids is 1. The highest BCUT2D eigenvalue weighted by molar-refractivity contribution is 6.04. The lowest BCUT2D eigenvalue weighted by Gasteiger charge is -2.28. The summed E-state index contributed by atoms with van der Waals surface area (Å²) in [4.78, 5) is 23.4. The minimum atomic E-state index is -0.165. The van der Waals surface area contributed by atoms with Gasteiger partial charge in [0.25, 0.3) is 11.8 Å². The lowest BCUT2D eigenvalue weighted by atomic mass is 10.1. The van der Waals surface area contributed by atoms with Gasteiger partial charge >= 0.3 is 0 Å². The maximum Gasteiger partial charge on any atom is 0.263 e. The second kappa shape index (κ2) is 8.92. The normalized spacial score (nSPS) is 13.7. The van der Waals surface area contributed by atoms with Crippen molar-refractivity contribution in [1.29, 1.82) is 0 Å². The quantitative estimate of drug-likeness (QED) is 0.693. The van der Waals surface area contributed by atoms with E-state index in [0.717, 1.165) is 29.9 Å². The molecular formula is C23H24N4O3. The van der Waals surface area contributed by atoms with Crippen LogP contribution in [0.15, 0.2) is 54.9 Å². The summed E-state index contributed by atoms with van der Waals surface area (Å²) in [5.41, 5.74) is 3.55. The summed E-state index contributed by atoms with van der Waals surface area (Å²) in [5.74, 6) is 1.56. The van der Waals surface area contributed by atoms with E-state index in [1.807, 2.05) is 32.0 Å². The Bertz CT molecular complexity index is 1030. The zero-order valence-electron chi connectivity index (χ0n) is 17.1. The Morgan fingerprint density at radius 3 is 2.50 bits per heavy atom. The smallest absolute Gasteiger partial charge is 0.263 e. The van der Waals surface area contributed by atoms with Gasteiger partial charge in [0.2, 0.25) is 0 Å². The number of rotatable bonds is 5. The minimum absolute atomic E-state index is 0.165. The molecule has 0 radical (unpaired) electrons. The molecule has 3 aromatic rings. The van der Waals surface area contributed by atoms with E-state index in [1.54, 1.807) is 36.7 Å². The molecule has 0 spiro atoms. The van der Waals surface area contributed by atoms with Crippen molar-refractivity contribution in [3.8, 4) is 11.6 Å². The highest BCUT2D eigenvalue weighted by Crippen LogP contribution is 2.28. The Morgan fingerprint density at radius 2 is 1.77 bits per heavy atom. The van der Waals surface area contributed by atoms with Crippen LogP contribution >= 0.6 is 0 Å². The van der Waals surface area contributed by atoms with Gasteiger partial charge in [-0.3, -0.25) is 4.79 Å². The Labute approximate surface area is 175 Å². The summed E-state index contributed by atoms with van der Waals surface area (Å²) < 4.78 is 11.4. The van der Waals surface area contributed by atoms with Gasteiger partial charge < -0.3 is 19.7 Å². The lowest BCUT2D eigenvalue weighted by molar-refractivity contribution is 0.102. The molecule has 0 unspecified atom stereocenters. The molecule has 1 saturated heterocycles. The molecule has 1 aromatic heterocycles. The Balaban J connectivity index is 1.46. The second-order valence-corrected chi connectivity index (χ2v) is 7.18. The molecule has 4 rings (SSSR count). The van der Waals surface area contributed by atoms with Gasteiger partial charge in [0.1, 0.15) is 5.75 Å². The van der Waals surface area contributed by atoms with Crippen molar-refractivity contribution in [2.45, 2.75) is 13.8 Å². The lowest BCUT2D eigenvalue weighted by Crippen LogP contribution is -2.37. The highest BCUT2D eigenvalue weighted by Gasteiger charge is 2.18. The number of benzene rings is 2. The summed E-state index contributed by atoms with van der Waals surface area (Å²) in [6.07, 6.45) is 3.25. The van der Waals surface area contributed by atoms with Gasteiger partial charge in [0.05, 0.1) is 13.2 Å². The molecule has 1 aliphatic rings. The Kier molecular flexibility index (Phi) is 5.90. The first-order valence-corrected chi connectivity index (χ1v) is 9.90. The number of hydrogen-bond donors (Lipinski definition) is 1. The SMILES string of the molecule is Cc1ccc(NC(=O)c2ccc(Oc3nccnc3N3CCOCC3)cc2)c(C)c1. The first kappa shape index (κ1) is 19.8. The molecule has 0 atom stereocenters. The van der Waals surface area contributed by atoms with Crippen LogP contribution in [0, 0.1) is 13.8 Å². The van der Waals surface area contributed by atoms with Crippen molar-refractivity contribution in [2.24, 2.45) is 0 Å². The van der Waals surface area contributed by atoms with Crippen molar-refractivity contribution in [1.82, 2.24) is 9.97 Å². The molecule has 1 aliphatic heterocycles. The minimum Gasteiger partial charge on any atom is -0.436 e. The van der Waals surface area contributed by atoms with Gasteiger partial charge in [-0.05, 0) is 49.7 Å². The molecule has 7 heteroatoms. The summed E-state index contributed by atoms with van der Waals surface area (Å²) >= 11 is 0. The van der Waals surface area contributed by atoms with Crippen LogP contribution < -0.4 is 15.0 Å². The van der Waals surface area contributed by atoms with E-state index in [4.69, 9.17) is 9.47 Å². The van der Waals surface area contributed by atoms with Gasteiger partial charge in [-0.15, -0.1) is 0 Å². The zero-order chi connectivity index (χ0) is 20.9. The van der Waals surface area contributed by atoms with Gasteiger partial charge in [0, 0.05) is 36.7 Å². The summed E-state index contributed by atoms with van der Waals surface area (Å²) in [6, 6.07) is 12.9.